The molecule has 0 saturated carbocycles. The largest absolute Gasteiger partial charge is 0.365 e. The van der Waals surface area contributed by atoms with Gasteiger partial charge in [0.15, 0.2) is 4.77 Å². The molecule has 4 nitrogen and oxygen atoms in total. The van der Waals surface area contributed by atoms with Crippen molar-refractivity contribution in [2.45, 2.75) is 13.0 Å². The summed E-state index contributed by atoms with van der Waals surface area (Å²) < 4.78 is 0.367. The highest BCUT2D eigenvalue weighted by Gasteiger charge is 2.21. The lowest BCUT2D eigenvalue weighted by atomic mass is 10.0. The van der Waals surface area contributed by atoms with Crippen LogP contribution in [-0.2, 0) is 13.0 Å². The summed E-state index contributed by atoms with van der Waals surface area (Å²) in [7, 11) is 0. The van der Waals surface area contributed by atoms with Crippen molar-refractivity contribution in [2.24, 2.45) is 0 Å². The fraction of sp³-hybridized carbons (Fsp3) is 0.176. The molecule has 0 bridgehead atoms. The Morgan fingerprint density at radius 3 is 2.74 bits per heavy atom. The van der Waals surface area contributed by atoms with E-state index in [2.05, 4.69) is 33.1 Å². The van der Waals surface area contributed by atoms with Crippen molar-refractivity contribution in [3.8, 4) is 0 Å². The van der Waals surface area contributed by atoms with Gasteiger partial charge in [-0.3, -0.25) is 9.78 Å². The average molecular weight is 344 g/mol. The van der Waals surface area contributed by atoms with Crippen LogP contribution in [0.5, 0.6) is 0 Å². The smallest absolute Gasteiger partial charge is 0.255 e. The van der Waals surface area contributed by atoms with E-state index < -0.39 is 0 Å². The molecule has 2 aromatic carbocycles. The number of halogens is 1. The molecule has 2 N–H and O–H groups in total. The summed E-state index contributed by atoms with van der Waals surface area (Å²) in [6.07, 6.45) is 0.678. The Hall–Kier alpha value is -2.11. The van der Waals surface area contributed by atoms with Crippen LogP contribution < -0.4 is 10.5 Å². The maximum absolute atomic E-state index is 12.0. The van der Waals surface area contributed by atoms with Crippen LogP contribution in [0, 0.1) is 4.77 Å². The molecule has 0 aliphatic carbocycles. The van der Waals surface area contributed by atoms with Crippen LogP contribution in [0.4, 0.5) is 5.69 Å². The van der Waals surface area contributed by atoms with E-state index in [0.717, 1.165) is 39.3 Å². The molecular formula is C17H14ClN3OS. The maximum atomic E-state index is 12.0. The first-order chi connectivity index (χ1) is 11.1. The van der Waals surface area contributed by atoms with Crippen LogP contribution in [0.2, 0.25) is 5.02 Å². The quantitative estimate of drug-likeness (QED) is 0.661. The molecule has 0 atom stereocenters. The van der Waals surface area contributed by atoms with Gasteiger partial charge in [-0.1, -0.05) is 35.9 Å². The number of nitrogens with one attached hydrogen (secondary N) is 2. The number of nitrogens with zero attached hydrogens (tertiary/aromatic N) is 1. The average Bonchev–Trinajstić information content (AvgIpc) is 2.54. The van der Waals surface area contributed by atoms with Crippen molar-refractivity contribution in [3.05, 3.63) is 67.8 Å². The molecule has 1 aliphatic rings. The van der Waals surface area contributed by atoms with Gasteiger partial charge in [0.25, 0.3) is 5.56 Å². The van der Waals surface area contributed by atoms with Gasteiger partial charge in [0, 0.05) is 28.9 Å². The van der Waals surface area contributed by atoms with Crippen LogP contribution in [0.3, 0.4) is 0 Å². The second-order valence-electron chi connectivity index (χ2n) is 5.65. The minimum absolute atomic E-state index is 0.0839. The highest BCUT2D eigenvalue weighted by molar-refractivity contribution is 7.71. The van der Waals surface area contributed by atoms with Gasteiger partial charge in [-0.25, -0.2) is 0 Å². The van der Waals surface area contributed by atoms with Crippen LogP contribution >= 0.6 is 23.8 Å². The summed E-state index contributed by atoms with van der Waals surface area (Å²) in [5.74, 6) is 0. The van der Waals surface area contributed by atoms with Crippen molar-refractivity contribution in [3.63, 3.8) is 0 Å². The first-order valence-corrected chi connectivity index (χ1v) is 8.18. The summed E-state index contributed by atoms with van der Waals surface area (Å²) in [4.78, 5) is 20.0. The number of H-pyrrole nitrogens is 2. The molecule has 0 saturated heterocycles. The Balaban J connectivity index is 1.84. The third kappa shape index (κ3) is 2.46. The van der Waals surface area contributed by atoms with Crippen molar-refractivity contribution in [1.82, 2.24) is 9.97 Å². The predicted molar refractivity (Wildman–Crippen MR) is 96.0 cm³/mol. The lowest BCUT2D eigenvalue weighted by molar-refractivity contribution is 0.696. The van der Waals surface area contributed by atoms with Crippen molar-refractivity contribution < 1.29 is 0 Å². The molecule has 2 heterocycles. The molecule has 23 heavy (non-hydrogen) atoms. The van der Waals surface area contributed by atoms with E-state index in [1.807, 2.05) is 18.2 Å². The van der Waals surface area contributed by atoms with Crippen LogP contribution in [0.1, 0.15) is 11.3 Å². The molecular weight excluding hydrogens is 330 g/mol. The molecule has 6 heteroatoms. The molecule has 0 amide bonds. The topological polar surface area (TPSA) is 51.9 Å². The Labute approximate surface area is 142 Å². The van der Waals surface area contributed by atoms with E-state index >= 15 is 0 Å². The number of rotatable bonds is 1. The molecule has 116 valence electrons. The first-order valence-electron chi connectivity index (χ1n) is 7.40. The zero-order chi connectivity index (χ0) is 16.0. The van der Waals surface area contributed by atoms with Gasteiger partial charge in [-0.2, -0.15) is 0 Å². The van der Waals surface area contributed by atoms with E-state index in [-0.39, 0.29) is 5.56 Å². The number of hydrogen-bond acceptors (Lipinski definition) is 3. The van der Waals surface area contributed by atoms with Crippen molar-refractivity contribution in [1.29, 1.82) is 0 Å². The van der Waals surface area contributed by atoms with E-state index in [4.69, 9.17) is 23.8 Å². The second-order valence-corrected chi connectivity index (χ2v) is 6.47. The highest BCUT2D eigenvalue weighted by Crippen LogP contribution is 2.34. The van der Waals surface area contributed by atoms with E-state index in [9.17, 15) is 4.79 Å². The summed E-state index contributed by atoms with van der Waals surface area (Å²) in [6, 6.07) is 12.1. The number of hydrogen-bond donors (Lipinski definition) is 2. The number of anilines is 1. The summed E-state index contributed by atoms with van der Waals surface area (Å²) in [5.41, 5.74) is 2.67. The second kappa shape index (κ2) is 5.51. The molecule has 0 fully saturated rings. The van der Waals surface area contributed by atoms with Gasteiger partial charge in [0.05, 0.1) is 11.6 Å². The Bertz CT molecular complexity index is 1020. The van der Waals surface area contributed by atoms with Gasteiger partial charge >= 0.3 is 0 Å². The highest BCUT2D eigenvalue weighted by atomic mass is 35.5. The summed E-state index contributed by atoms with van der Waals surface area (Å²) in [6.45, 7) is 1.39. The fourth-order valence-corrected chi connectivity index (χ4v) is 3.72. The molecule has 1 aromatic heterocycles. The lowest BCUT2D eigenvalue weighted by Crippen LogP contribution is -2.35. The number of benzene rings is 2. The molecule has 0 radical (unpaired) electrons. The number of aromatic amines is 2. The standard InChI is InChI=1S/C17H14ClN3OS/c18-12-5-1-3-10-4-2-6-14(15(10)12)21-8-7-11-13(9-21)19-17(23)20-16(11)22/h1-6H,7-9H2,(H2,19,20,22,23). The monoisotopic (exact) mass is 343 g/mol. The SMILES string of the molecule is O=c1[nH]c(=S)[nH]c2c1CCN(c1cccc3cccc(Cl)c13)C2. The zero-order valence-corrected chi connectivity index (χ0v) is 13.8. The van der Waals surface area contributed by atoms with Crippen LogP contribution in [-0.4, -0.2) is 16.5 Å². The van der Waals surface area contributed by atoms with Gasteiger partial charge in [0.2, 0.25) is 0 Å². The van der Waals surface area contributed by atoms with Gasteiger partial charge < -0.3 is 9.88 Å². The van der Waals surface area contributed by atoms with Crippen LogP contribution in [0.25, 0.3) is 10.8 Å². The first kappa shape index (κ1) is 14.5. The molecule has 3 aromatic rings. The maximum Gasteiger partial charge on any atom is 0.255 e. The Morgan fingerprint density at radius 2 is 1.91 bits per heavy atom. The van der Waals surface area contributed by atoms with Crippen molar-refractivity contribution >= 4 is 40.3 Å². The lowest BCUT2D eigenvalue weighted by Gasteiger charge is -2.31. The predicted octanol–water partition coefficient (Wildman–Crippen LogP) is 3.80. The number of aromatic nitrogens is 2. The zero-order valence-electron chi connectivity index (χ0n) is 12.2. The molecule has 4 rings (SSSR count). The fourth-order valence-electron chi connectivity index (χ4n) is 3.22. The molecule has 0 spiro atoms. The number of fused-ring (bicyclic) bond motifs is 2. The van der Waals surface area contributed by atoms with Gasteiger partial charge in [-0.05, 0) is 36.2 Å². The minimum atomic E-state index is -0.0839. The summed E-state index contributed by atoms with van der Waals surface area (Å²) in [5, 5.41) is 2.89. The minimum Gasteiger partial charge on any atom is -0.365 e. The van der Waals surface area contributed by atoms with Crippen molar-refractivity contribution in [2.75, 3.05) is 11.4 Å². The van der Waals surface area contributed by atoms with Gasteiger partial charge in [-0.15, -0.1) is 0 Å². The molecule has 0 unspecified atom stereocenters. The normalized spacial score (nSPS) is 14.0. The van der Waals surface area contributed by atoms with E-state index in [0.29, 0.717) is 17.7 Å². The Morgan fingerprint density at radius 1 is 1.13 bits per heavy atom. The molecule has 1 aliphatic heterocycles. The van der Waals surface area contributed by atoms with Gasteiger partial charge in [0.1, 0.15) is 0 Å². The summed E-state index contributed by atoms with van der Waals surface area (Å²) >= 11 is 11.5. The third-order valence-electron chi connectivity index (χ3n) is 4.28. The third-order valence-corrected chi connectivity index (χ3v) is 4.80. The van der Waals surface area contributed by atoms with Crippen LogP contribution in [0.15, 0.2) is 41.2 Å². The van der Waals surface area contributed by atoms with E-state index in [1.54, 1.807) is 0 Å². The van der Waals surface area contributed by atoms with E-state index in [1.165, 1.54) is 0 Å². The Kier molecular flexibility index (Phi) is 3.47.